The molecule has 0 aliphatic carbocycles. The first-order valence-electron chi connectivity index (χ1n) is 5.56. The van der Waals surface area contributed by atoms with Crippen LogP contribution in [0.15, 0.2) is 5.11 Å². The van der Waals surface area contributed by atoms with E-state index >= 15 is 0 Å². The minimum Gasteiger partial charge on any atom is -0.304 e. The van der Waals surface area contributed by atoms with Gasteiger partial charge in [-0.2, -0.15) is 8.42 Å². The van der Waals surface area contributed by atoms with Gasteiger partial charge in [-0.15, -0.1) is 4.70 Å². The Morgan fingerprint density at radius 2 is 1.88 bits per heavy atom. The van der Waals surface area contributed by atoms with Crippen molar-refractivity contribution in [2.45, 2.75) is 25.8 Å². The van der Waals surface area contributed by atoms with Gasteiger partial charge in [0, 0.05) is 6.54 Å². The van der Waals surface area contributed by atoms with Gasteiger partial charge in [-0.1, -0.05) is 0 Å². The van der Waals surface area contributed by atoms with Crippen LogP contribution >= 0.6 is 0 Å². The van der Waals surface area contributed by atoms with Crippen molar-refractivity contribution in [3.8, 4) is 0 Å². The lowest BCUT2D eigenvalue weighted by Crippen LogP contribution is -2.36. The molecule has 0 amide bonds. The summed E-state index contributed by atoms with van der Waals surface area (Å²) in [6.07, 6.45) is 0.424. The van der Waals surface area contributed by atoms with E-state index in [0.29, 0.717) is 13.0 Å². The smallest absolute Gasteiger partial charge is 0.264 e. The normalized spacial score (nSPS) is 12.9. The number of hydrogen-bond donors (Lipinski definition) is 1. The Kier molecular flexibility index (Phi) is 6.22. The fourth-order valence-corrected chi connectivity index (χ4v) is 2.32. The molecule has 7 heteroatoms. The highest BCUT2D eigenvalue weighted by Gasteiger charge is 2.23. The molecule has 0 aromatic carbocycles. The van der Waals surface area contributed by atoms with E-state index in [-0.39, 0.29) is 11.3 Å². The SMILES string of the molecule is CN(CCCS(=O)(=O)O)CC(C)(C)N=[N+](C)C. The molecular formula is C10H24N3O3S+. The van der Waals surface area contributed by atoms with E-state index in [1.54, 1.807) is 4.70 Å². The lowest BCUT2D eigenvalue weighted by molar-refractivity contribution is -0.544. The van der Waals surface area contributed by atoms with Crippen LogP contribution < -0.4 is 0 Å². The van der Waals surface area contributed by atoms with Gasteiger partial charge in [0.1, 0.15) is 5.54 Å². The largest absolute Gasteiger partial charge is 0.304 e. The van der Waals surface area contributed by atoms with Gasteiger partial charge in [-0.05, 0) is 39.0 Å². The summed E-state index contributed by atoms with van der Waals surface area (Å²) in [5.74, 6) is -0.192. The quantitative estimate of drug-likeness (QED) is 0.418. The molecule has 0 bridgehead atoms. The minimum absolute atomic E-state index is 0.192. The second kappa shape index (κ2) is 6.42. The lowest BCUT2D eigenvalue weighted by atomic mass is 10.1. The van der Waals surface area contributed by atoms with Crippen LogP contribution in [0.2, 0.25) is 0 Å². The van der Waals surface area contributed by atoms with Crippen LogP contribution in [0.5, 0.6) is 0 Å². The third-order valence-corrected chi connectivity index (χ3v) is 2.87. The molecule has 0 aromatic rings. The van der Waals surface area contributed by atoms with Crippen molar-refractivity contribution in [3.05, 3.63) is 0 Å². The van der Waals surface area contributed by atoms with E-state index in [9.17, 15) is 8.42 Å². The summed E-state index contributed by atoms with van der Waals surface area (Å²) in [4.78, 5) is 2.01. The van der Waals surface area contributed by atoms with Crippen LogP contribution in [0.3, 0.4) is 0 Å². The Hall–Kier alpha value is -0.530. The molecule has 0 aromatic heterocycles. The second-order valence-electron chi connectivity index (χ2n) is 5.14. The molecular weight excluding hydrogens is 242 g/mol. The average Bonchev–Trinajstić information content (AvgIpc) is 1.95. The number of nitrogens with zero attached hydrogens (tertiary/aromatic N) is 3. The van der Waals surface area contributed by atoms with Crippen molar-refractivity contribution in [2.24, 2.45) is 5.11 Å². The summed E-state index contributed by atoms with van der Waals surface area (Å²) in [6, 6.07) is 0. The summed E-state index contributed by atoms with van der Waals surface area (Å²) < 4.78 is 31.5. The molecule has 0 saturated carbocycles. The van der Waals surface area contributed by atoms with Gasteiger partial charge in [-0.3, -0.25) is 4.55 Å². The summed E-state index contributed by atoms with van der Waals surface area (Å²) >= 11 is 0. The maximum Gasteiger partial charge on any atom is 0.264 e. The van der Waals surface area contributed by atoms with Crippen molar-refractivity contribution >= 4 is 10.1 Å². The number of azo groups is 2. The predicted octanol–water partition coefficient (Wildman–Crippen LogP) is 0.699. The van der Waals surface area contributed by atoms with Crippen molar-refractivity contribution in [3.63, 3.8) is 0 Å². The molecule has 0 atom stereocenters. The predicted molar refractivity (Wildman–Crippen MR) is 67.1 cm³/mol. The van der Waals surface area contributed by atoms with Crippen LogP contribution in [-0.2, 0) is 10.1 Å². The average molecular weight is 266 g/mol. The van der Waals surface area contributed by atoms with Crippen LogP contribution in [0.4, 0.5) is 0 Å². The van der Waals surface area contributed by atoms with E-state index < -0.39 is 10.1 Å². The van der Waals surface area contributed by atoms with Gasteiger partial charge in [0.15, 0.2) is 14.1 Å². The van der Waals surface area contributed by atoms with E-state index in [1.807, 2.05) is 39.9 Å². The molecule has 0 aliphatic heterocycles. The molecule has 0 unspecified atom stereocenters. The molecule has 0 saturated heterocycles. The van der Waals surface area contributed by atoms with E-state index in [4.69, 9.17) is 4.55 Å². The highest BCUT2D eigenvalue weighted by Crippen LogP contribution is 2.10. The first-order chi connectivity index (χ1) is 7.52. The third kappa shape index (κ3) is 10.3. The lowest BCUT2D eigenvalue weighted by Gasteiger charge is -2.23. The van der Waals surface area contributed by atoms with Gasteiger partial charge >= 0.3 is 0 Å². The van der Waals surface area contributed by atoms with Crippen LogP contribution in [-0.4, -0.2) is 68.1 Å². The Labute approximate surface area is 104 Å². The molecule has 0 rings (SSSR count). The first kappa shape index (κ1) is 16.5. The maximum absolute atomic E-state index is 10.6. The summed E-state index contributed by atoms with van der Waals surface area (Å²) in [6.45, 7) is 5.39. The Balaban J connectivity index is 4.10. The molecule has 17 heavy (non-hydrogen) atoms. The second-order valence-corrected chi connectivity index (χ2v) is 6.71. The summed E-state index contributed by atoms with van der Waals surface area (Å²) in [5.41, 5.74) is -0.212. The summed E-state index contributed by atoms with van der Waals surface area (Å²) in [5, 5.41) is 4.43. The van der Waals surface area contributed by atoms with Crippen molar-refractivity contribution in [1.82, 2.24) is 4.90 Å². The van der Waals surface area contributed by atoms with Crippen molar-refractivity contribution in [1.29, 1.82) is 0 Å². The Bertz CT molecular complexity index is 359. The Morgan fingerprint density at radius 1 is 1.35 bits per heavy atom. The third-order valence-electron chi connectivity index (χ3n) is 2.07. The summed E-state index contributed by atoms with van der Waals surface area (Å²) in [7, 11) is 1.82. The minimum atomic E-state index is -3.84. The standard InChI is InChI=1S/C10H23N3O3S/c1-10(2,11-12(3)4)9-13(5)7-6-8-17(14,15)16/h6-9H2,1-5H3/p+1. The molecule has 0 heterocycles. The monoisotopic (exact) mass is 266 g/mol. The fraction of sp³-hybridized carbons (Fsp3) is 1.00. The maximum atomic E-state index is 10.6. The van der Waals surface area contributed by atoms with Gasteiger partial charge < -0.3 is 4.90 Å². The van der Waals surface area contributed by atoms with E-state index in [1.165, 1.54) is 0 Å². The van der Waals surface area contributed by atoms with E-state index in [0.717, 1.165) is 6.54 Å². The first-order valence-corrected chi connectivity index (χ1v) is 7.17. The molecule has 0 radical (unpaired) electrons. The highest BCUT2D eigenvalue weighted by molar-refractivity contribution is 7.85. The molecule has 1 N–H and O–H groups in total. The molecule has 0 spiro atoms. The van der Waals surface area contributed by atoms with Gasteiger partial charge in [0.2, 0.25) is 0 Å². The van der Waals surface area contributed by atoms with Gasteiger partial charge in [-0.25, -0.2) is 0 Å². The topological polar surface area (TPSA) is 73.0 Å². The van der Waals surface area contributed by atoms with Crippen molar-refractivity contribution in [2.75, 3.05) is 40.0 Å². The zero-order valence-corrected chi connectivity index (χ0v) is 12.2. The van der Waals surface area contributed by atoms with Crippen molar-refractivity contribution < 1.29 is 17.7 Å². The molecule has 6 nitrogen and oxygen atoms in total. The number of rotatable bonds is 7. The van der Waals surface area contributed by atoms with E-state index in [2.05, 4.69) is 5.11 Å². The van der Waals surface area contributed by atoms with Crippen LogP contribution in [0.1, 0.15) is 20.3 Å². The molecule has 102 valence electrons. The number of hydrogen-bond acceptors (Lipinski definition) is 4. The van der Waals surface area contributed by atoms with Crippen LogP contribution in [0, 0.1) is 0 Å². The molecule has 0 fully saturated rings. The highest BCUT2D eigenvalue weighted by atomic mass is 32.2. The number of likely N-dealkylation sites (N-methyl/N-ethyl adjacent to an activating group) is 1. The zero-order chi connectivity index (χ0) is 13.7. The van der Waals surface area contributed by atoms with Crippen LogP contribution in [0.25, 0.3) is 0 Å². The fourth-order valence-electron chi connectivity index (χ4n) is 1.83. The Morgan fingerprint density at radius 3 is 2.29 bits per heavy atom. The molecule has 0 aliphatic rings. The van der Waals surface area contributed by atoms with Gasteiger partial charge in [0.05, 0.1) is 5.75 Å². The zero-order valence-electron chi connectivity index (χ0n) is 11.3. The van der Waals surface area contributed by atoms with Gasteiger partial charge in [0.25, 0.3) is 10.1 Å².